The largest absolute Gasteiger partial charge is 0.456 e. The first kappa shape index (κ1) is 23.9. The molecule has 6 heteroatoms. The van der Waals surface area contributed by atoms with E-state index in [-0.39, 0.29) is 24.5 Å². The molecule has 0 aliphatic heterocycles. The summed E-state index contributed by atoms with van der Waals surface area (Å²) in [6, 6.07) is 9.67. The van der Waals surface area contributed by atoms with Crippen LogP contribution in [0.1, 0.15) is 100 Å². The highest BCUT2D eigenvalue weighted by Gasteiger charge is 2.35. The summed E-state index contributed by atoms with van der Waals surface area (Å²) in [5.41, 5.74) is 7.69. The summed E-state index contributed by atoms with van der Waals surface area (Å²) in [5.74, 6) is -0.617. The van der Waals surface area contributed by atoms with Crippen molar-refractivity contribution in [2.24, 2.45) is 0 Å². The fourth-order valence-electron chi connectivity index (χ4n) is 4.94. The Morgan fingerprint density at radius 1 is 0.971 bits per heavy atom. The van der Waals surface area contributed by atoms with E-state index in [1.165, 1.54) is 5.56 Å². The molecule has 4 rings (SSSR count). The highest BCUT2D eigenvalue weighted by Crippen LogP contribution is 2.42. The number of hydrogen-bond donors (Lipinski definition) is 2. The van der Waals surface area contributed by atoms with Crippen LogP contribution in [0.2, 0.25) is 0 Å². The second-order valence-electron chi connectivity index (χ2n) is 10.0. The lowest BCUT2D eigenvalue weighted by Gasteiger charge is -2.19. The van der Waals surface area contributed by atoms with Gasteiger partial charge in [0.1, 0.15) is 23.6 Å². The summed E-state index contributed by atoms with van der Waals surface area (Å²) in [4.78, 5) is 32.5. The fraction of sp³-hybridized carbons (Fsp3) is 0.429. The minimum absolute atomic E-state index is 0.0641. The summed E-state index contributed by atoms with van der Waals surface area (Å²) >= 11 is 0. The number of nitrogens with one attached hydrogen (secondary N) is 2. The Kier molecular flexibility index (Phi) is 6.43. The van der Waals surface area contributed by atoms with Crippen LogP contribution in [0.4, 0.5) is 0 Å². The van der Waals surface area contributed by atoms with Crippen LogP contribution in [0.15, 0.2) is 30.3 Å². The van der Waals surface area contributed by atoms with Gasteiger partial charge in [-0.05, 0) is 81.7 Å². The summed E-state index contributed by atoms with van der Waals surface area (Å²) in [6.45, 7) is 11.9. The van der Waals surface area contributed by atoms with E-state index < -0.39 is 5.60 Å². The van der Waals surface area contributed by atoms with Gasteiger partial charge < -0.3 is 19.4 Å². The number of benzene rings is 1. The second kappa shape index (κ2) is 9.16. The first-order valence-corrected chi connectivity index (χ1v) is 12.0. The minimum atomic E-state index is -0.556. The molecule has 6 nitrogen and oxygen atoms in total. The molecule has 2 heterocycles. The predicted octanol–water partition coefficient (Wildman–Crippen LogP) is 5.91. The summed E-state index contributed by atoms with van der Waals surface area (Å²) in [5, 5.41) is 0. The zero-order chi connectivity index (χ0) is 24.6. The lowest BCUT2D eigenvalue weighted by atomic mass is 9.96. The van der Waals surface area contributed by atoms with Gasteiger partial charge in [-0.1, -0.05) is 37.3 Å². The van der Waals surface area contributed by atoms with E-state index in [1.807, 2.05) is 65.0 Å². The summed E-state index contributed by atoms with van der Waals surface area (Å²) in [7, 11) is 0. The van der Waals surface area contributed by atoms with E-state index in [1.54, 1.807) is 0 Å². The van der Waals surface area contributed by atoms with Crippen molar-refractivity contribution in [3.05, 3.63) is 80.9 Å². The monoisotopic (exact) mass is 462 g/mol. The van der Waals surface area contributed by atoms with Crippen LogP contribution in [0.3, 0.4) is 0 Å². The molecule has 1 aromatic carbocycles. The third-order valence-corrected chi connectivity index (χ3v) is 6.58. The fourth-order valence-corrected chi connectivity index (χ4v) is 4.94. The van der Waals surface area contributed by atoms with Gasteiger partial charge in [0.25, 0.3) is 0 Å². The molecule has 0 saturated carbocycles. The first-order valence-electron chi connectivity index (χ1n) is 12.0. The van der Waals surface area contributed by atoms with E-state index in [4.69, 9.17) is 9.47 Å². The molecule has 0 bridgehead atoms. The van der Waals surface area contributed by atoms with Crippen LogP contribution in [0.5, 0.6) is 0 Å². The normalized spacial score (nSPS) is 15.3. The van der Waals surface area contributed by atoms with Crippen LogP contribution >= 0.6 is 0 Å². The number of carbonyl (C=O) groups is 2. The van der Waals surface area contributed by atoms with Crippen LogP contribution in [-0.4, -0.2) is 27.5 Å². The van der Waals surface area contributed by atoms with Gasteiger partial charge in [0.15, 0.2) is 0 Å². The zero-order valence-electron chi connectivity index (χ0n) is 20.9. The van der Waals surface area contributed by atoms with E-state index in [9.17, 15) is 9.59 Å². The molecular weight excluding hydrogens is 428 g/mol. The number of aromatic nitrogens is 2. The van der Waals surface area contributed by atoms with Crippen molar-refractivity contribution in [1.82, 2.24) is 9.97 Å². The van der Waals surface area contributed by atoms with Gasteiger partial charge in [0.2, 0.25) is 0 Å². The molecule has 2 N–H and O–H groups in total. The van der Waals surface area contributed by atoms with Gasteiger partial charge in [0.05, 0.1) is 0 Å². The predicted molar refractivity (Wildman–Crippen MR) is 131 cm³/mol. The average Bonchev–Trinajstić information content (AvgIpc) is 3.44. The molecule has 2 aromatic heterocycles. The van der Waals surface area contributed by atoms with Crippen molar-refractivity contribution in [2.75, 3.05) is 0 Å². The second-order valence-corrected chi connectivity index (χ2v) is 10.0. The smallest absolute Gasteiger partial charge is 0.355 e. The molecule has 34 heavy (non-hydrogen) atoms. The number of carbonyl (C=O) groups excluding carboxylic acids is 2. The van der Waals surface area contributed by atoms with E-state index >= 15 is 0 Å². The number of esters is 2. The number of fused-ring (bicyclic) bond motifs is 1. The highest BCUT2D eigenvalue weighted by molar-refractivity contribution is 5.91. The molecule has 0 amide bonds. The van der Waals surface area contributed by atoms with E-state index in [2.05, 4.69) is 16.9 Å². The Hall–Kier alpha value is -3.28. The van der Waals surface area contributed by atoms with Gasteiger partial charge >= 0.3 is 11.9 Å². The molecule has 3 aromatic rings. The van der Waals surface area contributed by atoms with Crippen molar-refractivity contribution in [1.29, 1.82) is 0 Å². The average molecular weight is 463 g/mol. The van der Waals surface area contributed by atoms with Crippen molar-refractivity contribution in [3.8, 4) is 0 Å². The molecule has 0 saturated heterocycles. The maximum absolute atomic E-state index is 12.9. The standard InChI is InChI=1S/C28H34N2O4/c1-7-19-16(2)22(26(31)33-15-18-11-9-8-10-12-18)29-24(19)21-14-13-20-17(3)23(30-25(20)21)27(32)34-28(4,5)6/h8-12,21,29-30H,7,13-15H2,1-6H3. The number of ether oxygens (including phenoxy) is 2. The quantitative estimate of drug-likeness (QED) is 0.446. The molecule has 1 unspecified atom stereocenters. The number of rotatable bonds is 6. The Morgan fingerprint density at radius 3 is 2.26 bits per heavy atom. The molecule has 1 atom stereocenters. The SMILES string of the molecule is CCc1c(C2CCc3c2[nH]c(C(=O)OC(C)(C)C)c3C)[nH]c(C(=O)OCc2ccccc2)c1C. The maximum atomic E-state index is 12.9. The molecular formula is C28H34N2O4. The third kappa shape index (κ3) is 4.54. The van der Waals surface area contributed by atoms with Crippen molar-refractivity contribution in [3.63, 3.8) is 0 Å². The van der Waals surface area contributed by atoms with Crippen molar-refractivity contribution < 1.29 is 19.1 Å². The Balaban J connectivity index is 1.62. The number of aromatic amines is 2. The van der Waals surface area contributed by atoms with Gasteiger partial charge in [-0.3, -0.25) is 0 Å². The zero-order valence-corrected chi connectivity index (χ0v) is 20.9. The van der Waals surface area contributed by atoms with Crippen LogP contribution in [0.25, 0.3) is 0 Å². The molecule has 180 valence electrons. The minimum Gasteiger partial charge on any atom is -0.456 e. The Morgan fingerprint density at radius 2 is 1.62 bits per heavy atom. The topological polar surface area (TPSA) is 84.2 Å². The van der Waals surface area contributed by atoms with E-state index in [0.717, 1.165) is 52.9 Å². The summed E-state index contributed by atoms with van der Waals surface area (Å²) < 4.78 is 11.2. The van der Waals surface area contributed by atoms with Gasteiger partial charge in [-0.15, -0.1) is 0 Å². The molecule has 1 aliphatic rings. The number of H-pyrrole nitrogens is 2. The third-order valence-electron chi connectivity index (χ3n) is 6.58. The van der Waals surface area contributed by atoms with Gasteiger partial charge in [0, 0.05) is 17.3 Å². The Bertz CT molecular complexity index is 1210. The Labute approximate surface area is 201 Å². The first-order chi connectivity index (χ1) is 16.1. The number of hydrogen-bond acceptors (Lipinski definition) is 4. The van der Waals surface area contributed by atoms with Crippen LogP contribution < -0.4 is 0 Å². The molecule has 0 fully saturated rings. The van der Waals surface area contributed by atoms with Crippen molar-refractivity contribution >= 4 is 11.9 Å². The lowest BCUT2D eigenvalue weighted by Crippen LogP contribution is -2.24. The van der Waals surface area contributed by atoms with E-state index in [0.29, 0.717) is 11.4 Å². The van der Waals surface area contributed by atoms with Crippen LogP contribution in [0, 0.1) is 13.8 Å². The molecule has 0 spiro atoms. The summed E-state index contributed by atoms with van der Waals surface area (Å²) in [6.07, 6.45) is 2.59. The lowest BCUT2D eigenvalue weighted by molar-refractivity contribution is 0.00622. The highest BCUT2D eigenvalue weighted by atomic mass is 16.6. The van der Waals surface area contributed by atoms with Crippen LogP contribution in [-0.2, 0) is 28.9 Å². The maximum Gasteiger partial charge on any atom is 0.355 e. The van der Waals surface area contributed by atoms with Gasteiger partial charge in [-0.2, -0.15) is 0 Å². The van der Waals surface area contributed by atoms with Gasteiger partial charge in [-0.25, -0.2) is 9.59 Å². The molecule has 0 radical (unpaired) electrons. The molecule has 1 aliphatic carbocycles. The van der Waals surface area contributed by atoms with Crippen molar-refractivity contribution in [2.45, 2.75) is 78.9 Å².